The molecule has 0 atom stereocenters. The minimum Gasteiger partial charge on any atom is -0.497 e. The van der Waals surface area contributed by atoms with Crippen molar-refractivity contribution in [2.45, 2.75) is 0 Å². The number of nitrogens with zero attached hydrogens (tertiary/aromatic N) is 2. The Bertz CT molecular complexity index is 442. The van der Waals surface area contributed by atoms with Crippen LogP contribution in [0.2, 0.25) is 0 Å². The van der Waals surface area contributed by atoms with E-state index in [1.807, 2.05) is 46.9 Å². The molecule has 0 unspecified atom stereocenters. The summed E-state index contributed by atoms with van der Waals surface area (Å²) in [6, 6.07) is 7.49. The van der Waals surface area contributed by atoms with Gasteiger partial charge in [0.1, 0.15) is 5.75 Å². The van der Waals surface area contributed by atoms with Crippen LogP contribution in [-0.2, 0) is 0 Å². The molecule has 2 rings (SSSR count). The molecule has 0 aliphatic rings. The van der Waals surface area contributed by atoms with Gasteiger partial charge in [-0.2, -0.15) is 4.98 Å². The molecule has 72 valence electrons. The zero-order valence-corrected chi connectivity index (χ0v) is 9.56. The second-order valence-electron chi connectivity index (χ2n) is 2.60. The summed E-state index contributed by atoms with van der Waals surface area (Å²) in [7, 11) is 1.62. The van der Waals surface area contributed by atoms with E-state index < -0.39 is 0 Å². The van der Waals surface area contributed by atoms with Crippen molar-refractivity contribution in [2.24, 2.45) is 0 Å². The zero-order chi connectivity index (χ0) is 9.97. The van der Waals surface area contributed by atoms with Crippen molar-refractivity contribution in [3.05, 3.63) is 28.1 Å². The second kappa shape index (κ2) is 3.95. The number of aromatic nitrogens is 2. The lowest BCUT2D eigenvalue weighted by Gasteiger charge is -1.99. The van der Waals surface area contributed by atoms with Crippen LogP contribution in [-0.4, -0.2) is 17.3 Å². The van der Waals surface area contributed by atoms with Crippen LogP contribution in [0.5, 0.6) is 5.75 Å². The van der Waals surface area contributed by atoms with Gasteiger partial charge in [0.05, 0.1) is 7.11 Å². The topological polar surface area (TPSA) is 48.2 Å². The van der Waals surface area contributed by atoms with Crippen molar-refractivity contribution >= 4 is 22.6 Å². The molecule has 0 saturated carbocycles. The molecule has 2 aromatic rings. The number of rotatable bonds is 2. The second-order valence-corrected chi connectivity index (χ2v) is 3.57. The van der Waals surface area contributed by atoms with Crippen LogP contribution in [0, 0.1) is 3.83 Å². The summed E-state index contributed by atoms with van der Waals surface area (Å²) in [6.45, 7) is 0. The molecule has 5 heteroatoms. The van der Waals surface area contributed by atoms with Crippen molar-refractivity contribution in [2.75, 3.05) is 7.11 Å². The van der Waals surface area contributed by atoms with E-state index in [0.29, 0.717) is 9.72 Å². The first-order valence-corrected chi connectivity index (χ1v) is 5.01. The molecule has 0 saturated heterocycles. The Morgan fingerprint density at radius 1 is 1.43 bits per heavy atom. The first-order chi connectivity index (χ1) is 6.79. The number of methoxy groups -OCH3 is 1. The molecule has 0 N–H and O–H groups in total. The van der Waals surface area contributed by atoms with Gasteiger partial charge in [0.25, 0.3) is 5.89 Å². The number of hydrogen-bond acceptors (Lipinski definition) is 4. The molecule has 0 spiro atoms. The van der Waals surface area contributed by atoms with Gasteiger partial charge in [-0.1, -0.05) is 11.2 Å². The van der Waals surface area contributed by atoms with E-state index in [2.05, 4.69) is 10.1 Å². The van der Waals surface area contributed by atoms with Gasteiger partial charge >= 0.3 is 0 Å². The first-order valence-electron chi connectivity index (χ1n) is 3.93. The van der Waals surface area contributed by atoms with Gasteiger partial charge in [-0.15, -0.1) is 0 Å². The van der Waals surface area contributed by atoms with E-state index in [4.69, 9.17) is 9.26 Å². The van der Waals surface area contributed by atoms with Gasteiger partial charge in [-0.3, -0.25) is 0 Å². The predicted octanol–water partition coefficient (Wildman–Crippen LogP) is 2.35. The summed E-state index contributed by atoms with van der Waals surface area (Å²) in [6.07, 6.45) is 0. The van der Waals surface area contributed by atoms with Crippen LogP contribution in [0.3, 0.4) is 0 Å². The highest BCUT2D eigenvalue weighted by molar-refractivity contribution is 14.1. The zero-order valence-electron chi connectivity index (χ0n) is 7.40. The fourth-order valence-electron chi connectivity index (χ4n) is 1.08. The fourth-order valence-corrected chi connectivity index (χ4v) is 1.40. The Hall–Kier alpha value is -1.11. The molecule has 0 bridgehead atoms. The van der Waals surface area contributed by atoms with Crippen molar-refractivity contribution < 1.29 is 9.26 Å². The lowest BCUT2D eigenvalue weighted by Crippen LogP contribution is -1.83. The van der Waals surface area contributed by atoms with E-state index in [-0.39, 0.29) is 0 Å². The standard InChI is InChI=1S/C9H7IN2O2/c1-13-7-4-2-3-6(5-7)8-11-9(10)12-14-8/h2-5H,1H3. The maximum absolute atomic E-state index is 5.09. The summed E-state index contributed by atoms with van der Waals surface area (Å²) >= 11 is 2.00. The van der Waals surface area contributed by atoms with Gasteiger partial charge in [-0.25, -0.2) is 0 Å². The lowest BCUT2D eigenvalue weighted by atomic mass is 10.2. The molecule has 1 aromatic carbocycles. The minimum atomic E-state index is 0.508. The van der Waals surface area contributed by atoms with Crippen LogP contribution >= 0.6 is 22.6 Å². The summed E-state index contributed by atoms with van der Waals surface area (Å²) in [5.41, 5.74) is 0.861. The smallest absolute Gasteiger partial charge is 0.258 e. The molecule has 0 aliphatic heterocycles. The van der Waals surface area contributed by atoms with Gasteiger partial charge in [-0.05, 0) is 18.2 Å². The van der Waals surface area contributed by atoms with Gasteiger partial charge in [0.15, 0.2) is 0 Å². The van der Waals surface area contributed by atoms with Gasteiger partial charge in [0, 0.05) is 28.2 Å². The number of ether oxygens (including phenoxy) is 1. The quantitative estimate of drug-likeness (QED) is 0.799. The fraction of sp³-hybridized carbons (Fsp3) is 0.111. The first kappa shape index (κ1) is 9.45. The van der Waals surface area contributed by atoms with Gasteiger partial charge < -0.3 is 9.26 Å². The molecule has 0 radical (unpaired) electrons. The Morgan fingerprint density at radius 2 is 2.29 bits per heavy atom. The predicted molar refractivity (Wildman–Crippen MR) is 59.0 cm³/mol. The molecule has 0 amide bonds. The number of halogens is 1. The van der Waals surface area contributed by atoms with E-state index in [0.717, 1.165) is 11.3 Å². The average molecular weight is 302 g/mol. The molecule has 4 nitrogen and oxygen atoms in total. The highest BCUT2D eigenvalue weighted by Crippen LogP contribution is 2.22. The Balaban J connectivity index is 2.41. The molecular weight excluding hydrogens is 295 g/mol. The molecule has 1 aromatic heterocycles. The van der Waals surface area contributed by atoms with Crippen LogP contribution in [0.15, 0.2) is 28.8 Å². The maximum Gasteiger partial charge on any atom is 0.258 e. The third-order valence-corrected chi connectivity index (χ3v) is 2.16. The maximum atomic E-state index is 5.09. The normalized spacial score (nSPS) is 10.1. The summed E-state index contributed by atoms with van der Waals surface area (Å²) in [5.74, 6) is 1.28. The average Bonchev–Trinajstić information content (AvgIpc) is 2.65. The molecule has 14 heavy (non-hydrogen) atoms. The number of benzene rings is 1. The Morgan fingerprint density at radius 3 is 2.93 bits per heavy atom. The van der Waals surface area contributed by atoms with Crippen molar-refractivity contribution in [3.8, 4) is 17.2 Å². The Labute approximate surface area is 94.4 Å². The molecule has 0 fully saturated rings. The van der Waals surface area contributed by atoms with E-state index in [1.54, 1.807) is 7.11 Å². The number of hydrogen-bond donors (Lipinski definition) is 0. The summed E-state index contributed by atoms with van der Waals surface area (Å²) in [4.78, 5) is 4.11. The Kier molecular flexibility index (Phi) is 2.67. The van der Waals surface area contributed by atoms with Crippen molar-refractivity contribution in [3.63, 3.8) is 0 Å². The molecule has 0 aliphatic carbocycles. The van der Waals surface area contributed by atoms with Crippen LogP contribution in [0.1, 0.15) is 0 Å². The van der Waals surface area contributed by atoms with E-state index in [9.17, 15) is 0 Å². The minimum absolute atomic E-state index is 0.508. The molecular formula is C9H7IN2O2. The molecule has 1 heterocycles. The van der Waals surface area contributed by atoms with Crippen LogP contribution in [0.25, 0.3) is 11.5 Å². The monoisotopic (exact) mass is 302 g/mol. The van der Waals surface area contributed by atoms with Gasteiger partial charge in [0.2, 0.25) is 3.83 Å². The SMILES string of the molecule is COc1cccc(-c2nc(I)no2)c1. The third-order valence-electron chi connectivity index (χ3n) is 1.72. The van der Waals surface area contributed by atoms with E-state index >= 15 is 0 Å². The van der Waals surface area contributed by atoms with E-state index in [1.165, 1.54) is 0 Å². The lowest BCUT2D eigenvalue weighted by molar-refractivity contribution is 0.412. The van der Waals surface area contributed by atoms with Crippen LogP contribution < -0.4 is 4.74 Å². The summed E-state index contributed by atoms with van der Waals surface area (Å²) in [5, 5.41) is 3.71. The summed E-state index contributed by atoms with van der Waals surface area (Å²) < 4.78 is 10.7. The largest absolute Gasteiger partial charge is 0.497 e. The van der Waals surface area contributed by atoms with Crippen molar-refractivity contribution in [1.29, 1.82) is 0 Å². The highest BCUT2D eigenvalue weighted by Gasteiger charge is 2.06. The van der Waals surface area contributed by atoms with Crippen LogP contribution in [0.4, 0.5) is 0 Å². The highest BCUT2D eigenvalue weighted by atomic mass is 127. The van der Waals surface area contributed by atoms with Crippen molar-refractivity contribution in [1.82, 2.24) is 10.1 Å². The third kappa shape index (κ3) is 1.87.